The standard InChI is InChI=1S/C20H20BrClN4.C14H15BrN4O2.C14H17BrN4.C10H7BrFN3O2.C6H6BClO2.2ClH.2H2O.Sn/c1-25-20(19(21)13-23-25)14-10-17(24-16-6-4-15(22)5-7-16)12-18(11-14)26-8-2-3-9-26;1-17-14(13(15)9-16-17)10-6-11(18-4-2-3-5-18)8-12(7-10)19(20)21;1-18-14(13(15)9-17-18)10-6-11(16)8-12(7-10)19-4-2-3-5-19;1-14-10(9(11)5-13-14)6-2-7(12)4-8(3-6)15(16)17;8-6-3-1-5(2-4-6)7(9)10;;;;;/h4-7,10-13,24H,2-3,8-9H2,1H3;6-9H,2-5H2,1H3;6-9H,2-5,16H2,1H3;2-5H,1H3;1-4,9-10H;2*1H;2*1H2;/q;;;;;;;;;+2/p-2. The Kier molecular flexibility index (Phi) is 31.7. The number of hydrogen-bond acceptors (Lipinski definition) is 15. The van der Waals surface area contributed by atoms with Crippen molar-refractivity contribution in [2.45, 2.75) is 38.5 Å². The summed E-state index contributed by atoms with van der Waals surface area (Å²) in [7, 11) is 15.9. The molecule has 6 aromatic carbocycles. The van der Waals surface area contributed by atoms with Gasteiger partial charge in [0.25, 0.3) is 11.4 Å². The van der Waals surface area contributed by atoms with Crippen molar-refractivity contribution in [1.29, 1.82) is 0 Å². The molecule has 0 unspecified atom stereocenters. The minimum absolute atomic E-state index is 0. The van der Waals surface area contributed by atoms with Crippen LogP contribution in [0.2, 0.25) is 10.0 Å². The van der Waals surface area contributed by atoms with E-state index in [2.05, 4.69) is 134 Å². The summed E-state index contributed by atoms with van der Waals surface area (Å²) in [5.74, 6) is -0.651. The van der Waals surface area contributed by atoms with Gasteiger partial charge >= 0.3 is 43.8 Å². The SMILES string of the molecule is Cn1ncc(Br)c1-c1cc(F)cc([N+](=O)[O-])c1.Cn1ncc(Br)c1-c1cc(N)cc(N2CCCC2)c1.Cn1ncc(Br)c1-c1cc(N2CCCC2)cc([N+](=O)[O-])c1.Cn1ncc(Br)c1-c1cc(Nc2ccc(Cl)cc2)cc(N2CCCC2)c1.O.O.OB(O)c1ccc(Cl)cc1.[Cl][Sn][Cl]. The number of nitro groups is 2. The molecule has 3 aliphatic heterocycles. The first kappa shape index (κ1) is 80.6. The molecule has 0 saturated carbocycles. The molecule has 34 heteroatoms. The molecule has 3 saturated heterocycles. The first-order valence-corrected chi connectivity index (χ1v) is 40.9. The topological polar surface area (TPSA) is 309 Å². The number of nitrogens with two attached hydrogens (primary N) is 1. The van der Waals surface area contributed by atoms with Crippen LogP contribution in [0.4, 0.5) is 49.9 Å². The fraction of sp³-hybridized carbons (Fsp3) is 0.250. The monoisotopic (exact) mass is 1780 g/mol. The summed E-state index contributed by atoms with van der Waals surface area (Å²) in [6.07, 6.45) is 14.2. The number of nitrogens with zero attached hydrogens (tertiary/aromatic N) is 13. The second kappa shape index (κ2) is 38.5. The molecule has 3 aliphatic rings. The van der Waals surface area contributed by atoms with Gasteiger partial charge in [-0.15, -0.1) is 0 Å². The molecule has 0 aliphatic carbocycles. The summed E-state index contributed by atoms with van der Waals surface area (Å²) in [5, 5.41) is 60.7. The molecule has 0 amide bonds. The van der Waals surface area contributed by atoms with Crippen molar-refractivity contribution in [3.63, 3.8) is 0 Å². The second-order valence-electron chi connectivity index (χ2n) is 22.1. The van der Waals surface area contributed by atoms with Crippen LogP contribution in [-0.2, 0) is 28.2 Å². The van der Waals surface area contributed by atoms with Gasteiger partial charge in [0.15, 0.2) is 0 Å². The van der Waals surface area contributed by atoms with Gasteiger partial charge in [-0.2, -0.15) is 20.4 Å². The van der Waals surface area contributed by atoms with Crippen molar-refractivity contribution in [2.75, 3.05) is 65.0 Å². The number of aryl methyl sites for hydroxylation is 4. The number of aromatic nitrogens is 8. The molecular formula is C64H69BBr4Cl4FN15O8Sn. The molecule has 3 fully saturated rings. The molecule has 23 nitrogen and oxygen atoms in total. The van der Waals surface area contributed by atoms with Crippen molar-refractivity contribution in [3.05, 3.63) is 200 Å². The molecule has 0 bridgehead atoms. The zero-order chi connectivity index (χ0) is 69.3. The number of benzene rings is 6. The van der Waals surface area contributed by atoms with Crippen molar-refractivity contribution in [1.82, 2.24) is 39.1 Å². The number of non-ortho nitro benzene ring substituents is 2. The van der Waals surface area contributed by atoms with Crippen LogP contribution < -0.4 is 31.2 Å². The van der Waals surface area contributed by atoms with Crippen molar-refractivity contribution >= 4 is 182 Å². The minimum atomic E-state index is -1.41. The van der Waals surface area contributed by atoms with Crippen LogP contribution in [0.25, 0.3) is 45.0 Å². The first-order valence-electron chi connectivity index (χ1n) is 29.8. The van der Waals surface area contributed by atoms with E-state index in [4.69, 9.17) is 56.8 Å². The predicted octanol–water partition coefficient (Wildman–Crippen LogP) is 14.5. The third-order valence-electron chi connectivity index (χ3n) is 15.4. The fourth-order valence-electron chi connectivity index (χ4n) is 11.0. The average molecular weight is 1790 g/mol. The maximum absolute atomic E-state index is 13.3. The zero-order valence-corrected chi connectivity index (χ0v) is 65.5. The molecule has 7 heterocycles. The van der Waals surface area contributed by atoms with Gasteiger partial charge in [0.1, 0.15) is 5.82 Å². The third kappa shape index (κ3) is 22.1. The van der Waals surface area contributed by atoms with E-state index in [0.717, 1.165) is 133 Å². The maximum atomic E-state index is 13.3. The van der Waals surface area contributed by atoms with Gasteiger partial charge in [0.2, 0.25) is 0 Å². The number of halogens is 9. The van der Waals surface area contributed by atoms with Crippen LogP contribution in [0.1, 0.15) is 38.5 Å². The van der Waals surface area contributed by atoms with Gasteiger partial charge in [-0.1, -0.05) is 35.3 Å². The van der Waals surface area contributed by atoms with Gasteiger partial charge in [-0.25, -0.2) is 4.39 Å². The van der Waals surface area contributed by atoms with Crippen LogP contribution in [0.3, 0.4) is 0 Å². The van der Waals surface area contributed by atoms with Crippen molar-refractivity contribution < 1.29 is 35.2 Å². The molecule has 10 aromatic rings. The zero-order valence-electron chi connectivity index (χ0n) is 53.2. The summed E-state index contributed by atoms with van der Waals surface area (Å²) in [6, 6.07) is 35.7. The summed E-state index contributed by atoms with van der Waals surface area (Å²) < 4.78 is 23.8. The van der Waals surface area contributed by atoms with E-state index in [0.29, 0.717) is 26.2 Å². The van der Waals surface area contributed by atoms with E-state index >= 15 is 0 Å². The molecule has 4 aromatic heterocycles. The Bertz CT molecular complexity index is 4200. The fourth-order valence-corrected chi connectivity index (χ4v) is 13.6. The Labute approximate surface area is 627 Å². The van der Waals surface area contributed by atoms with E-state index in [1.807, 2.05) is 79.3 Å². The Morgan fingerprint density at radius 2 is 0.827 bits per heavy atom. The molecular weight excluding hydrogens is 1720 g/mol. The van der Waals surface area contributed by atoms with Gasteiger partial charge in [-0.3, -0.25) is 39.0 Å². The number of hydrogen-bond donors (Lipinski definition) is 4. The van der Waals surface area contributed by atoms with E-state index < -0.39 is 36.7 Å². The summed E-state index contributed by atoms with van der Waals surface area (Å²) in [4.78, 5) is 27.9. The molecule has 98 heavy (non-hydrogen) atoms. The van der Waals surface area contributed by atoms with Crippen LogP contribution in [0.5, 0.6) is 0 Å². The summed E-state index contributed by atoms with van der Waals surface area (Å²) >= 11 is 24.6. The number of rotatable bonds is 12. The van der Waals surface area contributed by atoms with Crippen LogP contribution in [-0.4, -0.2) is 135 Å². The Hall–Kier alpha value is -6.33. The summed E-state index contributed by atoms with van der Waals surface area (Å²) in [6.45, 7) is 6.36. The average Bonchev–Trinajstić information content (AvgIpc) is 1.56. The Morgan fingerprint density at radius 3 is 1.18 bits per heavy atom. The van der Waals surface area contributed by atoms with Crippen LogP contribution in [0, 0.1) is 26.0 Å². The summed E-state index contributed by atoms with van der Waals surface area (Å²) in [5.41, 5.74) is 19.6. The van der Waals surface area contributed by atoms with E-state index in [-0.39, 0.29) is 27.3 Å². The van der Waals surface area contributed by atoms with Crippen LogP contribution >= 0.6 is 105 Å². The number of nitrogens with one attached hydrogen (secondary N) is 1. The predicted molar refractivity (Wildman–Crippen MR) is 408 cm³/mol. The Morgan fingerprint density at radius 1 is 0.500 bits per heavy atom. The first-order chi connectivity index (χ1) is 45.9. The van der Waals surface area contributed by atoms with Gasteiger partial charge in [0, 0.05) is 152 Å². The van der Waals surface area contributed by atoms with Gasteiger partial charge in [0.05, 0.1) is 81.4 Å². The van der Waals surface area contributed by atoms with Gasteiger partial charge in [-0.05, 0) is 193 Å². The molecule has 518 valence electrons. The normalized spacial score (nSPS) is 12.8. The third-order valence-corrected chi connectivity index (χ3v) is 18.3. The van der Waals surface area contributed by atoms with Crippen molar-refractivity contribution in [3.8, 4) is 45.0 Å². The molecule has 9 N–H and O–H groups in total. The second-order valence-corrected chi connectivity index (χ2v) is 30.6. The number of anilines is 6. The van der Waals surface area contributed by atoms with Crippen LogP contribution in [0.15, 0.2) is 164 Å². The van der Waals surface area contributed by atoms with E-state index in [9.17, 15) is 24.6 Å². The van der Waals surface area contributed by atoms with Gasteiger partial charge < -0.3 is 46.8 Å². The van der Waals surface area contributed by atoms with Crippen molar-refractivity contribution in [2.24, 2.45) is 28.2 Å². The molecule has 2 radical (unpaired) electrons. The van der Waals surface area contributed by atoms with E-state index in [1.54, 1.807) is 60.5 Å². The number of nitro benzene ring substituents is 2. The molecule has 0 atom stereocenters. The molecule has 13 rings (SSSR count). The molecule has 0 spiro atoms. The number of nitrogen functional groups attached to an aromatic ring is 1. The Balaban J connectivity index is 0.000000195. The quantitative estimate of drug-likeness (QED) is 0.0382. The van der Waals surface area contributed by atoms with E-state index in [1.165, 1.54) is 53.9 Å².